The van der Waals surface area contributed by atoms with Crippen LogP contribution in [0, 0.1) is 11.8 Å². The fraction of sp³-hybridized carbons (Fsp3) is 0.529. The first kappa shape index (κ1) is 19.8. The van der Waals surface area contributed by atoms with Crippen LogP contribution in [0.1, 0.15) is 31.2 Å². The maximum atomic E-state index is 10.1. The average molecular weight is 362 g/mol. The molecule has 2 rings (SSSR count). The molecule has 0 bridgehead atoms. The van der Waals surface area contributed by atoms with Crippen LogP contribution in [0.25, 0.3) is 0 Å². The predicted molar refractivity (Wildman–Crippen MR) is 95.5 cm³/mol. The van der Waals surface area contributed by atoms with Crippen molar-refractivity contribution in [1.29, 1.82) is 0 Å². The number of aromatic nitrogens is 5. The lowest BCUT2D eigenvalue weighted by Crippen LogP contribution is -2.31. The molecule has 0 saturated carbocycles. The Labute approximate surface area is 152 Å². The average Bonchev–Trinajstić information content (AvgIpc) is 3.14. The number of hydrogen-bond acceptors (Lipinski definition) is 8. The third-order valence-electron chi connectivity index (χ3n) is 4.16. The van der Waals surface area contributed by atoms with E-state index in [0.29, 0.717) is 18.1 Å². The zero-order chi connectivity index (χ0) is 19.1. The predicted octanol–water partition coefficient (Wildman–Crippen LogP) is 0.963. The van der Waals surface area contributed by atoms with Gasteiger partial charge < -0.3 is 20.7 Å². The molecule has 0 aliphatic carbocycles. The van der Waals surface area contributed by atoms with Crippen molar-refractivity contribution < 1.29 is 14.9 Å². The number of allylic oxidation sites excluding steroid dienone is 1. The number of rotatable bonds is 10. The van der Waals surface area contributed by atoms with Crippen LogP contribution in [-0.2, 0) is 6.42 Å². The molecule has 0 amide bonds. The highest BCUT2D eigenvalue weighted by atomic mass is 16.5. The molecule has 9 nitrogen and oxygen atoms in total. The van der Waals surface area contributed by atoms with E-state index in [0.717, 1.165) is 5.56 Å². The van der Waals surface area contributed by atoms with Crippen LogP contribution in [-0.4, -0.2) is 55.1 Å². The second-order valence-corrected chi connectivity index (χ2v) is 6.60. The monoisotopic (exact) mass is 362 g/mol. The van der Waals surface area contributed by atoms with E-state index >= 15 is 0 Å². The van der Waals surface area contributed by atoms with Crippen LogP contribution in [0.3, 0.4) is 0 Å². The van der Waals surface area contributed by atoms with Crippen molar-refractivity contribution in [3.8, 4) is 5.88 Å². The fourth-order valence-electron chi connectivity index (χ4n) is 2.90. The maximum Gasteiger partial charge on any atom is 0.213 e. The molecular weight excluding hydrogens is 336 g/mol. The number of aromatic amines is 1. The molecule has 0 aliphatic heterocycles. The van der Waals surface area contributed by atoms with E-state index in [2.05, 4.69) is 32.2 Å². The van der Waals surface area contributed by atoms with Gasteiger partial charge in [0.05, 0.1) is 18.4 Å². The molecule has 0 saturated heterocycles. The van der Waals surface area contributed by atoms with Crippen molar-refractivity contribution >= 4 is 0 Å². The van der Waals surface area contributed by atoms with Crippen molar-refractivity contribution in [2.45, 2.75) is 32.2 Å². The Balaban J connectivity index is 2.14. The Kier molecular flexibility index (Phi) is 7.05. The minimum absolute atomic E-state index is 0.0979. The van der Waals surface area contributed by atoms with E-state index in [4.69, 9.17) is 15.6 Å². The molecule has 9 heteroatoms. The summed E-state index contributed by atoms with van der Waals surface area (Å²) in [5, 5.41) is 33.3. The number of aliphatic hydroxyl groups excluding tert-OH is 2. The van der Waals surface area contributed by atoms with Gasteiger partial charge >= 0.3 is 0 Å². The number of pyridine rings is 1. The van der Waals surface area contributed by atoms with Crippen molar-refractivity contribution in [1.82, 2.24) is 25.6 Å². The standard InChI is InChI=1S/C17H26N6O3/c1-10(2)16(11(3)25)14(17-20-22-23-21-17)6-12-4-5-15(19-7-12)26-9-13(18)8-24/h4-5,7,10,13-14,16,24-25H,3,6,8-9,18H2,1-2H3,(H,20,21,22,23)/t13?,14-,16+/m0/s1. The number of ether oxygens (including phenoxy) is 1. The lowest BCUT2D eigenvalue weighted by Gasteiger charge is -2.27. The van der Waals surface area contributed by atoms with Gasteiger partial charge in [-0.05, 0) is 17.9 Å². The molecule has 0 spiro atoms. The molecule has 0 aromatic carbocycles. The third-order valence-corrected chi connectivity index (χ3v) is 4.16. The highest BCUT2D eigenvalue weighted by Gasteiger charge is 2.31. The van der Waals surface area contributed by atoms with Gasteiger partial charge in [-0.15, -0.1) is 10.2 Å². The summed E-state index contributed by atoms with van der Waals surface area (Å²) in [6.07, 6.45) is 2.26. The minimum atomic E-state index is -0.443. The SMILES string of the molecule is C=C(O)[C@@H](C(C)C)[C@H](Cc1ccc(OCC(N)CO)nc1)c1nn[nH]n1. The summed E-state index contributed by atoms with van der Waals surface area (Å²) in [6, 6.07) is 3.18. The first-order valence-corrected chi connectivity index (χ1v) is 8.47. The quantitative estimate of drug-likeness (QED) is 0.458. The Morgan fingerprint density at radius 2 is 2.15 bits per heavy atom. The van der Waals surface area contributed by atoms with E-state index in [1.165, 1.54) is 0 Å². The molecule has 2 aromatic rings. The molecule has 1 unspecified atom stereocenters. The molecular formula is C17H26N6O3. The van der Waals surface area contributed by atoms with E-state index in [1.807, 2.05) is 19.9 Å². The molecule has 2 aromatic heterocycles. The highest BCUT2D eigenvalue weighted by molar-refractivity contribution is 5.21. The number of nitrogens with zero attached hydrogens (tertiary/aromatic N) is 4. The Hall–Kier alpha value is -2.52. The van der Waals surface area contributed by atoms with Crippen molar-refractivity contribution in [3.63, 3.8) is 0 Å². The summed E-state index contributed by atoms with van der Waals surface area (Å²) >= 11 is 0. The molecule has 2 heterocycles. The lowest BCUT2D eigenvalue weighted by molar-refractivity contribution is 0.202. The molecule has 26 heavy (non-hydrogen) atoms. The van der Waals surface area contributed by atoms with Gasteiger partial charge in [0.1, 0.15) is 6.61 Å². The third kappa shape index (κ3) is 5.24. The van der Waals surface area contributed by atoms with Crippen molar-refractivity contribution in [2.24, 2.45) is 17.6 Å². The normalized spacial score (nSPS) is 14.8. The summed E-state index contributed by atoms with van der Waals surface area (Å²) in [5.41, 5.74) is 6.54. The second kappa shape index (κ2) is 9.25. The van der Waals surface area contributed by atoms with Gasteiger partial charge in [-0.2, -0.15) is 5.21 Å². The number of tetrazole rings is 1. The van der Waals surface area contributed by atoms with Crippen LogP contribution < -0.4 is 10.5 Å². The lowest BCUT2D eigenvalue weighted by atomic mass is 9.78. The molecule has 142 valence electrons. The Morgan fingerprint density at radius 3 is 2.65 bits per heavy atom. The fourth-order valence-corrected chi connectivity index (χ4v) is 2.90. The van der Waals surface area contributed by atoms with Gasteiger partial charge in [0.2, 0.25) is 5.88 Å². The van der Waals surface area contributed by atoms with Gasteiger partial charge in [0.15, 0.2) is 5.82 Å². The Bertz CT molecular complexity index is 674. The minimum Gasteiger partial charge on any atom is -0.513 e. The van der Waals surface area contributed by atoms with Crippen LogP contribution in [0.15, 0.2) is 30.7 Å². The first-order chi connectivity index (χ1) is 12.4. The summed E-state index contributed by atoms with van der Waals surface area (Å²) in [5.74, 6) is 0.787. The zero-order valence-electron chi connectivity index (χ0n) is 15.0. The van der Waals surface area contributed by atoms with Gasteiger partial charge in [0.25, 0.3) is 0 Å². The number of aliphatic hydroxyl groups is 2. The van der Waals surface area contributed by atoms with Crippen LogP contribution in [0.4, 0.5) is 0 Å². The zero-order valence-corrected chi connectivity index (χ0v) is 15.0. The molecule has 3 atom stereocenters. The van der Waals surface area contributed by atoms with E-state index in [-0.39, 0.29) is 36.7 Å². The highest BCUT2D eigenvalue weighted by Crippen LogP contribution is 2.35. The number of nitrogens with one attached hydrogen (secondary N) is 1. The van der Waals surface area contributed by atoms with Crippen molar-refractivity contribution in [3.05, 3.63) is 42.1 Å². The van der Waals surface area contributed by atoms with Gasteiger partial charge in [0, 0.05) is 24.1 Å². The summed E-state index contributed by atoms with van der Waals surface area (Å²) in [4.78, 5) is 4.26. The second-order valence-electron chi connectivity index (χ2n) is 6.60. The topological polar surface area (TPSA) is 143 Å². The number of H-pyrrole nitrogens is 1. The molecule has 0 radical (unpaired) electrons. The van der Waals surface area contributed by atoms with Crippen LogP contribution in [0.2, 0.25) is 0 Å². The van der Waals surface area contributed by atoms with E-state index < -0.39 is 6.04 Å². The number of nitrogens with two attached hydrogens (primary N) is 1. The van der Waals surface area contributed by atoms with Crippen LogP contribution in [0.5, 0.6) is 5.88 Å². The van der Waals surface area contributed by atoms with Crippen molar-refractivity contribution in [2.75, 3.05) is 13.2 Å². The van der Waals surface area contributed by atoms with Gasteiger partial charge in [-0.3, -0.25) is 0 Å². The Morgan fingerprint density at radius 1 is 1.38 bits per heavy atom. The molecule has 0 aliphatic rings. The largest absolute Gasteiger partial charge is 0.513 e. The first-order valence-electron chi connectivity index (χ1n) is 8.47. The summed E-state index contributed by atoms with van der Waals surface area (Å²) in [6.45, 7) is 7.78. The van der Waals surface area contributed by atoms with Gasteiger partial charge in [-0.1, -0.05) is 31.7 Å². The molecule has 0 fully saturated rings. The smallest absolute Gasteiger partial charge is 0.213 e. The summed E-state index contributed by atoms with van der Waals surface area (Å²) < 4.78 is 5.42. The van der Waals surface area contributed by atoms with E-state index in [1.54, 1.807) is 12.3 Å². The van der Waals surface area contributed by atoms with E-state index in [9.17, 15) is 5.11 Å². The summed E-state index contributed by atoms with van der Waals surface area (Å²) in [7, 11) is 0. The molecule has 5 N–H and O–H groups in total. The maximum absolute atomic E-state index is 10.1. The van der Waals surface area contributed by atoms with Crippen LogP contribution >= 0.6 is 0 Å². The number of hydrogen-bond donors (Lipinski definition) is 4. The van der Waals surface area contributed by atoms with Gasteiger partial charge in [-0.25, -0.2) is 4.98 Å².